The second-order valence-corrected chi connectivity index (χ2v) is 4.85. The Bertz CT molecular complexity index is 448. The summed E-state index contributed by atoms with van der Waals surface area (Å²) in [4.78, 5) is 10.6. The fourth-order valence-corrected chi connectivity index (χ4v) is 2.15. The molecule has 2 rings (SSSR count). The van der Waals surface area contributed by atoms with Crippen LogP contribution in [0.2, 0.25) is 0 Å². The number of piperidine rings is 1. The van der Waals surface area contributed by atoms with Crippen LogP contribution >= 0.6 is 0 Å². The quantitative estimate of drug-likeness (QED) is 0.660. The highest BCUT2D eigenvalue weighted by molar-refractivity contribution is 5.48. The van der Waals surface area contributed by atoms with Crippen molar-refractivity contribution in [1.82, 2.24) is 5.32 Å². The third kappa shape index (κ3) is 2.79. The Morgan fingerprint density at radius 3 is 2.94 bits per heavy atom. The van der Waals surface area contributed by atoms with Crippen molar-refractivity contribution in [1.29, 1.82) is 0 Å². The minimum atomic E-state index is -0.393. The fraction of sp³-hybridized carbons (Fsp3) is 0.538. The Hall–Kier alpha value is -1.62. The van der Waals surface area contributed by atoms with Gasteiger partial charge in [-0.25, -0.2) is 0 Å². The topological polar surface area (TPSA) is 64.4 Å². The summed E-state index contributed by atoms with van der Waals surface area (Å²) in [6.07, 6.45) is 1.03. The van der Waals surface area contributed by atoms with Crippen LogP contribution in [0.15, 0.2) is 18.2 Å². The summed E-state index contributed by atoms with van der Waals surface area (Å²) in [7, 11) is 0. The monoisotopic (exact) mass is 250 g/mol. The lowest BCUT2D eigenvalue weighted by Crippen LogP contribution is -2.42. The van der Waals surface area contributed by atoms with E-state index in [9.17, 15) is 10.1 Å². The molecule has 98 valence electrons. The summed E-state index contributed by atoms with van der Waals surface area (Å²) >= 11 is 0. The minimum absolute atomic E-state index is 0.000694. The Kier molecular flexibility index (Phi) is 3.81. The van der Waals surface area contributed by atoms with Gasteiger partial charge in [-0.3, -0.25) is 10.1 Å². The fourth-order valence-electron chi connectivity index (χ4n) is 2.15. The van der Waals surface area contributed by atoms with Crippen molar-refractivity contribution in [2.45, 2.75) is 26.4 Å². The Morgan fingerprint density at radius 1 is 1.50 bits per heavy atom. The molecule has 1 aliphatic heterocycles. The summed E-state index contributed by atoms with van der Waals surface area (Å²) in [5, 5.41) is 14.2. The molecule has 0 radical (unpaired) electrons. The molecule has 5 heteroatoms. The number of hydrogen-bond acceptors (Lipinski definition) is 4. The van der Waals surface area contributed by atoms with Crippen molar-refractivity contribution in [3.8, 4) is 5.75 Å². The summed E-state index contributed by atoms with van der Waals surface area (Å²) in [5.41, 5.74) is 1.00. The molecule has 0 saturated carbocycles. The lowest BCUT2D eigenvalue weighted by Gasteiger charge is -2.29. The second-order valence-electron chi connectivity index (χ2n) is 4.85. The molecule has 0 amide bonds. The van der Waals surface area contributed by atoms with E-state index in [1.165, 1.54) is 6.07 Å². The Morgan fingerprint density at radius 2 is 2.28 bits per heavy atom. The number of nitro groups is 1. The van der Waals surface area contributed by atoms with E-state index in [0.717, 1.165) is 25.1 Å². The smallest absolute Gasteiger partial charge is 0.310 e. The summed E-state index contributed by atoms with van der Waals surface area (Å²) in [6.45, 7) is 5.75. The van der Waals surface area contributed by atoms with Crippen LogP contribution < -0.4 is 10.1 Å². The molecule has 2 atom stereocenters. The first-order valence-electron chi connectivity index (χ1n) is 6.20. The van der Waals surface area contributed by atoms with Gasteiger partial charge in [0.2, 0.25) is 0 Å². The molecule has 0 aliphatic carbocycles. The molecule has 18 heavy (non-hydrogen) atoms. The van der Waals surface area contributed by atoms with Gasteiger partial charge in [0.1, 0.15) is 6.10 Å². The van der Waals surface area contributed by atoms with Crippen LogP contribution in [0.25, 0.3) is 0 Å². The predicted octanol–water partition coefficient (Wildman–Crippen LogP) is 2.28. The van der Waals surface area contributed by atoms with Crippen LogP contribution in [0.1, 0.15) is 18.9 Å². The lowest BCUT2D eigenvalue weighted by atomic mass is 9.97. The highest BCUT2D eigenvalue weighted by atomic mass is 16.6. The molecule has 1 heterocycles. The van der Waals surface area contributed by atoms with Gasteiger partial charge in [-0.15, -0.1) is 0 Å². The zero-order valence-electron chi connectivity index (χ0n) is 10.7. The van der Waals surface area contributed by atoms with Gasteiger partial charge in [0.05, 0.1) is 4.92 Å². The molecule has 0 aromatic heterocycles. The average Bonchev–Trinajstić information content (AvgIpc) is 2.32. The Labute approximate surface area is 106 Å². The third-order valence-electron chi connectivity index (χ3n) is 3.35. The number of nitrogens with zero attached hydrogens (tertiary/aromatic N) is 1. The molecule has 1 fully saturated rings. The maximum absolute atomic E-state index is 11.0. The van der Waals surface area contributed by atoms with Crippen LogP contribution in [0.4, 0.5) is 5.69 Å². The van der Waals surface area contributed by atoms with Crippen molar-refractivity contribution in [2.24, 2.45) is 5.92 Å². The summed E-state index contributed by atoms with van der Waals surface area (Å²) < 4.78 is 5.84. The first-order valence-corrected chi connectivity index (χ1v) is 6.20. The standard InChI is InChI=1S/C13H18N2O3/c1-9-3-4-11(15(16)17)12(7-9)18-13-8-14-6-5-10(13)2/h3-4,7,10,13-14H,5-6,8H2,1-2H3. The normalized spacial score (nSPS) is 23.7. The average molecular weight is 250 g/mol. The number of aryl methyl sites for hydroxylation is 1. The van der Waals surface area contributed by atoms with Gasteiger partial charge in [0.15, 0.2) is 5.75 Å². The van der Waals surface area contributed by atoms with Gasteiger partial charge >= 0.3 is 5.69 Å². The van der Waals surface area contributed by atoms with E-state index in [-0.39, 0.29) is 11.8 Å². The molecular formula is C13H18N2O3. The maximum atomic E-state index is 11.0. The van der Waals surface area contributed by atoms with Crippen molar-refractivity contribution in [3.05, 3.63) is 33.9 Å². The molecule has 0 bridgehead atoms. The highest BCUT2D eigenvalue weighted by Gasteiger charge is 2.25. The summed E-state index contributed by atoms with van der Waals surface area (Å²) in [6, 6.07) is 4.97. The molecule has 1 N–H and O–H groups in total. The minimum Gasteiger partial charge on any atom is -0.482 e. The van der Waals surface area contributed by atoms with Crippen LogP contribution in [-0.4, -0.2) is 24.1 Å². The first kappa shape index (κ1) is 12.8. The van der Waals surface area contributed by atoms with E-state index in [1.54, 1.807) is 12.1 Å². The highest BCUT2D eigenvalue weighted by Crippen LogP contribution is 2.30. The number of hydrogen-bond donors (Lipinski definition) is 1. The van der Waals surface area contributed by atoms with Gasteiger partial charge in [-0.05, 0) is 37.4 Å². The van der Waals surface area contributed by atoms with Crippen molar-refractivity contribution < 1.29 is 9.66 Å². The second kappa shape index (κ2) is 5.35. The number of ether oxygens (including phenoxy) is 1. The predicted molar refractivity (Wildman–Crippen MR) is 68.9 cm³/mol. The molecule has 1 saturated heterocycles. The molecule has 1 aromatic rings. The van der Waals surface area contributed by atoms with Crippen LogP contribution in [0.3, 0.4) is 0 Å². The third-order valence-corrected chi connectivity index (χ3v) is 3.35. The van der Waals surface area contributed by atoms with E-state index in [4.69, 9.17) is 4.74 Å². The lowest BCUT2D eigenvalue weighted by molar-refractivity contribution is -0.386. The number of nitro benzene ring substituents is 1. The SMILES string of the molecule is Cc1ccc([N+](=O)[O-])c(OC2CNCCC2C)c1. The molecular weight excluding hydrogens is 232 g/mol. The van der Waals surface area contributed by atoms with Gasteiger partial charge in [-0.2, -0.15) is 0 Å². The first-order chi connectivity index (χ1) is 8.58. The van der Waals surface area contributed by atoms with E-state index in [0.29, 0.717) is 11.7 Å². The van der Waals surface area contributed by atoms with Gasteiger partial charge < -0.3 is 10.1 Å². The van der Waals surface area contributed by atoms with Crippen LogP contribution in [0.5, 0.6) is 5.75 Å². The zero-order valence-corrected chi connectivity index (χ0v) is 10.7. The number of nitrogens with one attached hydrogen (secondary N) is 1. The maximum Gasteiger partial charge on any atom is 0.310 e. The van der Waals surface area contributed by atoms with Crippen LogP contribution in [0, 0.1) is 23.0 Å². The van der Waals surface area contributed by atoms with E-state index in [2.05, 4.69) is 12.2 Å². The number of benzene rings is 1. The van der Waals surface area contributed by atoms with Gasteiger partial charge in [-0.1, -0.05) is 13.0 Å². The van der Waals surface area contributed by atoms with E-state index in [1.807, 2.05) is 6.92 Å². The molecule has 2 unspecified atom stereocenters. The number of rotatable bonds is 3. The molecule has 1 aliphatic rings. The van der Waals surface area contributed by atoms with Crippen molar-refractivity contribution >= 4 is 5.69 Å². The van der Waals surface area contributed by atoms with Crippen molar-refractivity contribution in [3.63, 3.8) is 0 Å². The zero-order chi connectivity index (χ0) is 13.1. The Balaban J connectivity index is 2.21. The molecule has 0 spiro atoms. The van der Waals surface area contributed by atoms with Gasteiger partial charge in [0.25, 0.3) is 0 Å². The van der Waals surface area contributed by atoms with Crippen molar-refractivity contribution in [2.75, 3.05) is 13.1 Å². The molecule has 1 aromatic carbocycles. The summed E-state index contributed by atoms with van der Waals surface area (Å²) in [5.74, 6) is 0.784. The van der Waals surface area contributed by atoms with Crippen LogP contribution in [-0.2, 0) is 0 Å². The largest absolute Gasteiger partial charge is 0.482 e. The van der Waals surface area contributed by atoms with E-state index >= 15 is 0 Å². The molecule has 5 nitrogen and oxygen atoms in total. The van der Waals surface area contributed by atoms with E-state index < -0.39 is 4.92 Å². The van der Waals surface area contributed by atoms with Gasteiger partial charge in [0, 0.05) is 12.6 Å².